The van der Waals surface area contributed by atoms with Gasteiger partial charge in [0, 0.05) is 23.8 Å². The van der Waals surface area contributed by atoms with Gasteiger partial charge in [0.25, 0.3) is 0 Å². The minimum Gasteiger partial charge on any atom is -0.326 e. The summed E-state index contributed by atoms with van der Waals surface area (Å²) in [5.41, 5.74) is 0.403. The first kappa shape index (κ1) is 21.7. The number of primary sulfonamides is 1. The first-order chi connectivity index (χ1) is 13.6. The third kappa shape index (κ3) is 5.14. The summed E-state index contributed by atoms with van der Waals surface area (Å²) >= 11 is 5.82. The highest BCUT2D eigenvalue weighted by molar-refractivity contribution is 7.89. The number of piperidine rings is 1. The molecule has 1 saturated heterocycles. The maximum Gasteiger partial charge on any atom is 0.243 e. The summed E-state index contributed by atoms with van der Waals surface area (Å²) in [6.45, 7) is 0.393. The van der Waals surface area contributed by atoms with Crippen LogP contribution in [0.5, 0.6) is 0 Å². The predicted octanol–water partition coefficient (Wildman–Crippen LogP) is 2.03. The highest BCUT2D eigenvalue weighted by Gasteiger charge is 2.33. The van der Waals surface area contributed by atoms with Crippen LogP contribution < -0.4 is 10.5 Å². The van der Waals surface area contributed by atoms with Crippen molar-refractivity contribution in [3.8, 4) is 0 Å². The number of benzene rings is 2. The Balaban J connectivity index is 1.70. The lowest BCUT2D eigenvalue weighted by atomic mass is 9.99. The van der Waals surface area contributed by atoms with E-state index in [9.17, 15) is 21.6 Å². The number of hydrogen-bond donors (Lipinski definition) is 2. The molecule has 0 aromatic heterocycles. The lowest BCUT2D eigenvalue weighted by molar-refractivity contribution is -0.120. The number of nitrogens with one attached hydrogen (secondary N) is 1. The van der Waals surface area contributed by atoms with Gasteiger partial charge in [0.15, 0.2) is 0 Å². The predicted molar refractivity (Wildman–Crippen MR) is 109 cm³/mol. The number of halogens is 1. The molecule has 1 atom stereocenters. The molecule has 11 heteroatoms. The first-order valence-electron chi connectivity index (χ1n) is 8.77. The number of hydrogen-bond acceptors (Lipinski definition) is 5. The second-order valence-corrected chi connectivity index (χ2v) is 10.7. The van der Waals surface area contributed by atoms with E-state index < -0.39 is 26.0 Å². The number of rotatable bonds is 5. The molecular weight excluding hydrogens is 438 g/mol. The fraction of sp³-hybridized carbons (Fsp3) is 0.278. The van der Waals surface area contributed by atoms with E-state index in [0.717, 1.165) is 0 Å². The highest BCUT2D eigenvalue weighted by Crippen LogP contribution is 2.25. The van der Waals surface area contributed by atoms with Crippen molar-refractivity contribution >= 4 is 43.2 Å². The zero-order valence-corrected chi connectivity index (χ0v) is 17.7. The van der Waals surface area contributed by atoms with Crippen LogP contribution in [0.25, 0.3) is 0 Å². The van der Waals surface area contributed by atoms with Crippen molar-refractivity contribution in [2.75, 3.05) is 18.4 Å². The number of anilines is 1. The van der Waals surface area contributed by atoms with E-state index in [1.165, 1.54) is 52.8 Å². The fourth-order valence-corrected chi connectivity index (χ4v) is 5.27. The molecule has 1 aliphatic heterocycles. The molecule has 3 N–H and O–H groups in total. The Labute approximate surface area is 174 Å². The largest absolute Gasteiger partial charge is 0.326 e. The molecule has 1 fully saturated rings. The Morgan fingerprint density at radius 3 is 2.17 bits per heavy atom. The topological polar surface area (TPSA) is 127 Å². The number of amides is 1. The SMILES string of the molecule is NS(=O)(=O)c1ccc(NC(=O)[C@H]2CCCN(S(=O)(=O)c3ccc(Cl)cc3)C2)cc1. The molecule has 0 bridgehead atoms. The maximum atomic E-state index is 12.8. The van der Waals surface area contributed by atoms with E-state index in [4.69, 9.17) is 16.7 Å². The number of sulfonamides is 2. The lowest BCUT2D eigenvalue weighted by Gasteiger charge is -2.31. The summed E-state index contributed by atoms with van der Waals surface area (Å²) in [7, 11) is -7.54. The molecule has 1 heterocycles. The van der Waals surface area contributed by atoms with Gasteiger partial charge < -0.3 is 5.32 Å². The molecule has 0 spiro atoms. The Bertz CT molecular complexity index is 1100. The third-order valence-electron chi connectivity index (χ3n) is 4.66. The van der Waals surface area contributed by atoms with Gasteiger partial charge in [-0.05, 0) is 61.4 Å². The quantitative estimate of drug-likeness (QED) is 0.710. The molecule has 1 aliphatic rings. The van der Waals surface area contributed by atoms with E-state index in [1.807, 2.05) is 0 Å². The Kier molecular flexibility index (Phi) is 6.30. The molecule has 0 unspecified atom stereocenters. The van der Waals surface area contributed by atoms with Gasteiger partial charge in [0.2, 0.25) is 26.0 Å². The zero-order valence-electron chi connectivity index (χ0n) is 15.3. The molecule has 2 aromatic rings. The summed E-state index contributed by atoms with van der Waals surface area (Å²) in [5.74, 6) is -0.854. The second-order valence-electron chi connectivity index (χ2n) is 6.71. The summed E-state index contributed by atoms with van der Waals surface area (Å²) in [6.07, 6.45) is 1.10. The smallest absolute Gasteiger partial charge is 0.243 e. The molecule has 3 rings (SSSR count). The standard InChI is InChI=1S/C18H20ClN3O5S2/c19-14-3-7-17(8-4-14)29(26,27)22-11-1-2-13(12-22)18(23)21-15-5-9-16(10-6-15)28(20,24)25/h3-10,13H,1-2,11-12H2,(H,21,23)(H2,20,24,25)/t13-/m0/s1. The van der Waals surface area contributed by atoms with Crippen molar-refractivity contribution in [1.29, 1.82) is 0 Å². The molecule has 0 radical (unpaired) electrons. The van der Waals surface area contributed by atoms with Crippen molar-refractivity contribution in [3.63, 3.8) is 0 Å². The Hall–Kier alpha value is -1.98. The van der Waals surface area contributed by atoms with Crippen molar-refractivity contribution in [1.82, 2.24) is 4.31 Å². The van der Waals surface area contributed by atoms with Crippen LogP contribution in [-0.4, -0.2) is 40.1 Å². The van der Waals surface area contributed by atoms with Crippen molar-refractivity contribution in [2.24, 2.45) is 11.1 Å². The van der Waals surface area contributed by atoms with E-state index >= 15 is 0 Å². The van der Waals surface area contributed by atoms with E-state index in [2.05, 4.69) is 5.32 Å². The molecule has 0 aliphatic carbocycles. The van der Waals surface area contributed by atoms with Crippen LogP contribution in [0.3, 0.4) is 0 Å². The van der Waals surface area contributed by atoms with Crippen LogP contribution in [0.15, 0.2) is 58.3 Å². The molecule has 0 saturated carbocycles. The second kappa shape index (κ2) is 8.41. The first-order valence-corrected chi connectivity index (χ1v) is 12.1. The van der Waals surface area contributed by atoms with Gasteiger partial charge >= 0.3 is 0 Å². The molecule has 2 aromatic carbocycles. The summed E-state index contributed by atoms with van der Waals surface area (Å²) < 4.78 is 49.6. The van der Waals surface area contributed by atoms with Crippen LogP contribution in [0.1, 0.15) is 12.8 Å². The van der Waals surface area contributed by atoms with Crippen LogP contribution in [0, 0.1) is 5.92 Å². The molecule has 156 valence electrons. The molecule has 1 amide bonds. The number of nitrogens with two attached hydrogens (primary N) is 1. The van der Waals surface area contributed by atoms with E-state index in [-0.39, 0.29) is 22.2 Å². The van der Waals surface area contributed by atoms with Crippen molar-refractivity contribution in [2.45, 2.75) is 22.6 Å². The van der Waals surface area contributed by atoms with Gasteiger partial charge in [-0.25, -0.2) is 22.0 Å². The number of carbonyl (C=O) groups excluding carboxylic acids is 1. The third-order valence-corrected chi connectivity index (χ3v) is 7.72. The van der Waals surface area contributed by atoms with Gasteiger partial charge in [-0.3, -0.25) is 4.79 Å². The van der Waals surface area contributed by atoms with Gasteiger partial charge in [-0.15, -0.1) is 0 Å². The van der Waals surface area contributed by atoms with Crippen molar-refractivity contribution in [3.05, 3.63) is 53.6 Å². The van der Waals surface area contributed by atoms with Crippen LogP contribution in [-0.2, 0) is 24.8 Å². The maximum absolute atomic E-state index is 12.8. The summed E-state index contributed by atoms with van der Waals surface area (Å²) in [6, 6.07) is 11.3. The van der Waals surface area contributed by atoms with Crippen LogP contribution in [0.4, 0.5) is 5.69 Å². The van der Waals surface area contributed by atoms with Crippen LogP contribution >= 0.6 is 11.6 Å². The number of carbonyl (C=O) groups is 1. The monoisotopic (exact) mass is 457 g/mol. The van der Waals surface area contributed by atoms with E-state index in [0.29, 0.717) is 30.1 Å². The van der Waals surface area contributed by atoms with Gasteiger partial charge in [-0.1, -0.05) is 11.6 Å². The summed E-state index contributed by atoms with van der Waals surface area (Å²) in [5, 5.41) is 8.19. The Morgan fingerprint density at radius 1 is 1.00 bits per heavy atom. The summed E-state index contributed by atoms with van der Waals surface area (Å²) in [4.78, 5) is 12.7. The fourth-order valence-electron chi connectivity index (χ4n) is 3.10. The van der Waals surface area contributed by atoms with Gasteiger partial charge in [0.05, 0.1) is 15.7 Å². The van der Waals surface area contributed by atoms with Gasteiger partial charge in [0.1, 0.15) is 0 Å². The van der Waals surface area contributed by atoms with Gasteiger partial charge in [-0.2, -0.15) is 4.31 Å². The zero-order chi connectivity index (χ0) is 21.2. The normalized spacial score (nSPS) is 18.3. The minimum absolute atomic E-state index is 0.0616. The van der Waals surface area contributed by atoms with Crippen LogP contribution in [0.2, 0.25) is 5.02 Å². The van der Waals surface area contributed by atoms with E-state index in [1.54, 1.807) is 0 Å². The lowest BCUT2D eigenvalue weighted by Crippen LogP contribution is -2.43. The average molecular weight is 458 g/mol. The minimum atomic E-state index is -3.82. The highest BCUT2D eigenvalue weighted by atomic mass is 35.5. The average Bonchev–Trinajstić information content (AvgIpc) is 2.68. The molecule has 8 nitrogen and oxygen atoms in total. The Morgan fingerprint density at radius 2 is 1.59 bits per heavy atom. The number of nitrogens with zero attached hydrogens (tertiary/aromatic N) is 1. The molecular formula is C18H20ClN3O5S2. The van der Waals surface area contributed by atoms with Crippen molar-refractivity contribution < 1.29 is 21.6 Å². The molecule has 29 heavy (non-hydrogen) atoms.